The Kier molecular flexibility index (Phi) is 3.64. The Morgan fingerprint density at radius 1 is 1.09 bits per heavy atom. The summed E-state index contributed by atoms with van der Waals surface area (Å²) >= 11 is 6.66. The summed E-state index contributed by atoms with van der Waals surface area (Å²) in [4.78, 5) is 0. The number of halogens is 1. The first kappa shape index (κ1) is 16.8. The van der Waals surface area contributed by atoms with Crippen LogP contribution in [0.2, 0.25) is 5.02 Å². The average molecular weight is 335 g/mol. The molecule has 6 heteroatoms. The molecule has 2 aromatic rings. The van der Waals surface area contributed by atoms with Crippen LogP contribution in [0.4, 0.5) is 0 Å². The van der Waals surface area contributed by atoms with E-state index in [1.165, 1.54) is 0 Å². The Bertz CT molecular complexity index is 746. The molecule has 1 fully saturated rings. The Morgan fingerprint density at radius 3 is 2.17 bits per heavy atom. The van der Waals surface area contributed by atoms with Gasteiger partial charge in [-0.15, -0.1) is 0 Å². The molecular weight excluding hydrogens is 310 g/mol. The van der Waals surface area contributed by atoms with Gasteiger partial charge in [0.15, 0.2) is 0 Å². The van der Waals surface area contributed by atoms with E-state index in [4.69, 9.17) is 20.9 Å². The molecule has 0 bridgehead atoms. The smallest absolute Gasteiger partial charge is 0.399 e. The van der Waals surface area contributed by atoms with Crippen LogP contribution in [-0.2, 0) is 14.8 Å². The maximum atomic E-state index is 6.66. The van der Waals surface area contributed by atoms with E-state index in [0.717, 1.165) is 16.4 Å². The van der Waals surface area contributed by atoms with Crippen LogP contribution in [0.1, 0.15) is 48.5 Å². The topological polar surface area (TPSA) is 36.3 Å². The van der Waals surface area contributed by atoms with Crippen molar-refractivity contribution in [2.24, 2.45) is 0 Å². The van der Waals surface area contributed by atoms with Crippen LogP contribution in [0.5, 0.6) is 0 Å². The number of aromatic nitrogens is 2. The van der Waals surface area contributed by atoms with Crippen molar-refractivity contribution >= 4 is 35.1 Å². The van der Waals surface area contributed by atoms with E-state index < -0.39 is 7.12 Å². The summed E-state index contributed by atoms with van der Waals surface area (Å²) in [5, 5.41) is 6.19. The summed E-state index contributed by atoms with van der Waals surface area (Å²) in [7, 11) is -0.463. The third-order valence-corrected chi connectivity index (χ3v) is 5.27. The predicted molar refractivity (Wildman–Crippen MR) is 95.5 cm³/mol. The molecule has 1 saturated heterocycles. The van der Waals surface area contributed by atoms with Crippen molar-refractivity contribution in [3.8, 4) is 0 Å². The van der Waals surface area contributed by atoms with Crippen LogP contribution in [0, 0.1) is 0 Å². The molecule has 0 spiro atoms. The Labute approximate surface area is 143 Å². The van der Waals surface area contributed by atoms with Gasteiger partial charge in [0, 0.05) is 17.0 Å². The SMILES string of the molecule is CC(C)(C)n1cc2c(Cl)c(B3OC(C)(C)C(C)(C)O3)ccc2n1. The van der Waals surface area contributed by atoms with Gasteiger partial charge >= 0.3 is 7.12 Å². The molecule has 0 N–H and O–H groups in total. The molecule has 4 nitrogen and oxygen atoms in total. The second kappa shape index (κ2) is 4.98. The minimum absolute atomic E-state index is 0.0904. The summed E-state index contributed by atoms with van der Waals surface area (Å²) in [6.07, 6.45) is 1.99. The first-order valence-corrected chi connectivity index (χ1v) is 8.34. The monoisotopic (exact) mass is 334 g/mol. The van der Waals surface area contributed by atoms with E-state index in [1.807, 2.05) is 50.7 Å². The molecule has 23 heavy (non-hydrogen) atoms. The molecule has 0 radical (unpaired) electrons. The van der Waals surface area contributed by atoms with E-state index in [-0.39, 0.29) is 16.7 Å². The fourth-order valence-corrected chi connectivity index (χ4v) is 2.87. The minimum Gasteiger partial charge on any atom is -0.399 e. The van der Waals surface area contributed by atoms with Crippen LogP contribution in [0.25, 0.3) is 10.9 Å². The number of rotatable bonds is 1. The molecule has 3 rings (SSSR count). The van der Waals surface area contributed by atoms with Crippen molar-refractivity contribution in [3.05, 3.63) is 23.4 Å². The van der Waals surface area contributed by atoms with Gasteiger partial charge in [0.1, 0.15) is 0 Å². The molecular formula is C17H24BClN2O2. The minimum atomic E-state index is -0.463. The third kappa shape index (κ3) is 2.69. The number of hydrogen-bond donors (Lipinski definition) is 0. The highest BCUT2D eigenvalue weighted by Gasteiger charge is 2.52. The van der Waals surface area contributed by atoms with Crippen molar-refractivity contribution in [2.75, 3.05) is 0 Å². The van der Waals surface area contributed by atoms with Crippen molar-refractivity contribution in [1.29, 1.82) is 0 Å². The standard InChI is InChI=1S/C17H24BClN2O2/c1-15(2,3)21-10-11-13(20-21)9-8-12(14(11)19)18-22-16(4,5)17(6,7)23-18/h8-10H,1-7H3. The predicted octanol–water partition coefficient (Wildman–Crippen LogP) is 3.74. The molecule has 2 heterocycles. The molecule has 0 unspecified atom stereocenters. The van der Waals surface area contributed by atoms with Gasteiger partial charge in [0.2, 0.25) is 0 Å². The fourth-order valence-electron chi connectivity index (χ4n) is 2.57. The van der Waals surface area contributed by atoms with E-state index in [0.29, 0.717) is 5.02 Å². The number of nitrogens with zero attached hydrogens (tertiary/aromatic N) is 2. The molecule has 0 atom stereocenters. The zero-order valence-electron chi connectivity index (χ0n) is 14.9. The summed E-state index contributed by atoms with van der Waals surface area (Å²) in [5.41, 5.74) is 0.876. The van der Waals surface area contributed by atoms with Crippen LogP contribution in [0.15, 0.2) is 18.3 Å². The lowest BCUT2D eigenvalue weighted by Gasteiger charge is -2.32. The normalized spacial score (nSPS) is 20.4. The van der Waals surface area contributed by atoms with Crippen molar-refractivity contribution < 1.29 is 9.31 Å². The first-order chi connectivity index (χ1) is 10.4. The highest BCUT2D eigenvalue weighted by atomic mass is 35.5. The van der Waals surface area contributed by atoms with Crippen LogP contribution in [-0.4, -0.2) is 28.1 Å². The number of hydrogen-bond acceptors (Lipinski definition) is 3. The Balaban J connectivity index is 2.05. The van der Waals surface area contributed by atoms with Gasteiger partial charge in [-0.05, 0) is 54.5 Å². The third-order valence-electron chi connectivity index (χ3n) is 4.85. The van der Waals surface area contributed by atoms with Gasteiger partial charge in [-0.2, -0.15) is 5.10 Å². The summed E-state index contributed by atoms with van der Waals surface area (Å²) in [6, 6.07) is 3.93. The maximum Gasteiger partial charge on any atom is 0.496 e. The van der Waals surface area contributed by atoms with E-state index in [2.05, 4.69) is 25.9 Å². The second-order valence-corrected chi connectivity index (χ2v) is 8.61. The van der Waals surface area contributed by atoms with Gasteiger partial charge in [-0.3, -0.25) is 4.68 Å². The van der Waals surface area contributed by atoms with Gasteiger partial charge in [-0.25, -0.2) is 0 Å². The van der Waals surface area contributed by atoms with Gasteiger partial charge in [-0.1, -0.05) is 17.7 Å². The summed E-state index contributed by atoms with van der Waals surface area (Å²) in [5.74, 6) is 0. The zero-order chi connectivity index (χ0) is 17.2. The van der Waals surface area contributed by atoms with Gasteiger partial charge in [0.05, 0.1) is 27.3 Å². The lowest BCUT2D eigenvalue weighted by atomic mass is 9.78. The van der Waals surface area contributed by atoms with E-state index >= 15 is 0 Å². The Morgan fingerprint density at radius 2 is 1.65 bits per heavy atom. The summed E-state index contributed by atoms with van der Waals surface area (Å²) in [6.45, 7) is 14.5. The first-order valence-electron chi connectivity index (χ1n) is 7.96. The van der Waals surface area contributed by atoms with E-state index in [1.54, 1.807) is 0 Å². The largest absolute Gasteiger partial charge is 0.496 e. The van der Waals surface area contributed by atoms with Gasteiger partial charge < -0.3 is 9.31 Å². The van der Waals surface area contributed by atoms with Crippen molar-refractivity contribution in [1.82, 2.24) is 9.78 Å². The molecule has 0 aliphatic carbocycles. The highest BCUT2D eigenvalue weighted by molar-refractivity contribution is 6.66. The average Bonchev–Trinajstić information content (AvgIpc) is 2.89. The quantitative estimate of drug-likeness (QED) is 0.745. The lowest BCUT2D eigenvalue weighted by Crippen LogP contribution is -2.41. The second-order valence-electron chi connectivity index (χ2n) is 8.23. The van der Waals surface area contributed by atoms with Crippen LogP contribution < -0.4 is 5.46 Å². The maximum absolute atomic E-state index is 6.66. The number of fused-ring (bicyclic) bond motifs is 1. The van der Waals surface area contributed by atoms with Crippen LogP contribution >= 0.6 is 11.6 Å². The fraction of sp³-hybridized carbons (Fsp3) is 0.588. The molecule has 1 aromatic heterocycles. The molecule has 1 aliphatic heterocycles. The van der Waals surface area contributed by atoms with Crippen molar-refractivity contribution in [2.45, 2.75) is 65.2 Å². The Hall–Kier alpha value is -1.04. The molecule has 124 valence electrons. The molecule has 0 saturated carbocycles. The van der Waals surface area contributed by atoms with E-state index in [9.17, 15) is 0 Å². The highest BCUT2D eigenvalue weighted by Crippen LogP contribution is 2.37. The number of benzene rings is 1. The van der Waals surface area contributed by atoms with Crippen molar-refractivity contribution in [3.63, 3.8) is 0 Å². The lowest BCUT2D eigenvalue weighted by molar-refractivity contribution is 0.00578. The molecule has 1 aliphatic rings. The van der Waals surface area contributed by atoms with Crippen LogP contribution in [0.3, 0.4) is 0 Å². The van der Waals surface area contributed by atoms with Gasteiger partial charge in [0.25, 0.3) is 0 Å². The molecule has 1 aromatic carbocycles. The summed E-state index contributed by atoms with van der Waals surface area (Å²) < 4.78 is 14.2. The molecule has 0 amide bonds. The zero-order valence-corrected chi connectivity index (χ0v) is 15.7.